The van der Waals surface area contributed by atoms with E-state index < -0.39 is 5.91 Å². The number of amides is 1. The van der Waals surface area contributed by atoms with E-state index in [9.17, 15) is 10.1 Å². The Bertz CT molecular complexity index is 786. The minimum atomic E-state index is -0.424. The summed E-state index contributed by atoms with van der Waals surface area (Å²) in [5.41, 5.74) is 2.66. The summed E-state index contributed by atoms with van der Waals surface area (Å²) in [5.74, 6) is 0.301. The molecule has 0 aliphatic rings. The number of hydrogen-bond donors (Lipinski definition) is 1. The molecule has 0 aliphatic carbocycles. The van der Waals surface area contributed by atoms with Gasteiger partial charge < -0.3 is 10.1 Å². The molecule has 0 aromatic heterocycles. The second kappa shape index (κ2) is 9.29. The summed E-state index contributed by atoms with van der Waals surface area (Å²) >= 11 is 0. The lowest BCUT2D eigenvalue weighted by molar-refractivity contribution is -0.112. The van der Waals surface area contributed by atoms with Crippen molar-refractivity contribution in [3.8, 4) is 11.8 Å². The molecule has 0 unspecified atom stereocenters. The van der Waals surface area contributed by atoms with Crippen molar-refractivity contribution in [3.63, 3.8) is 0 Å². The van der Waals surface area contributed by atoms with Gasteiger partial charge in [0.25, 0.3) is 5.91 Å². The van der Waals surface area contributed by atoms with Crippen LogP contribution in [0.15, 0.2) is 54.1 Å². The summed E-state index contributed by atoms with van der Waals surface area (Å²) in [6, 6.07) is 16.9. The number of rotatable bonds is 7. The fraction of sp³-hybridized carbons (Fsp3) is 0.238. The molecular weight excluding hydrogens is 312 g/mol. The lowest BCUT2D eigenvalue weighted by atomic mass is 10.1. The van der Waals surface area contributed by atoms with E-state index in [1.165, 1.54) is 5.56 Å². The molecule has 4 heteroatoms. The van der Waals surface area contributed by atoms with Crippen molar-refractivity contribution in [1.29, 1.82) is 5.26 Å². The molecule has 4 nitrogen and oxygen atoms in total. The molecule has 0 heterocycles. The molecule has 1 amide bonds. The molecule has 0 bridgehead atoms. The first-order valence-corrected chi connectivity index (χ1v) is 8.41. The second-order valence-electron chi connectivity index (χ2n) is 5.60. The maximum Gasteiger partial charge on any atom is 0.266 e. The largest absolute Gasteiger partial charge is 0.494 e. The van der Waals surface area contributed by atoms with E-state index in [1.54, 1.807) is 6.08 Å². The fourth-order valence-electron chi connectivity index (χ4n) is 2.25. The van der Waals surface area contributed by atoms with Crippen LogP contribution in [-0.4, -0.2) is 12.5 Å². The molecule has 0 spiro atoms. The molecule has 0 aliphatic heterocycles. The third kappa shape index (κ3) is 5.50. The number of nitriles is 1. The van der Waals surface area contributed by atoms with Gasteiger partial charge in [-0.15, -0.1) is 0 Å². The van der Waals surface area contributed by atoms with Crippen molar-refractivity contribution in [2.45, 2.75) is 26.7 Å². The first kappa shape index (κ1) is 18.3. The molecule has 0 radical (unpaired) electrons. The van der Waals surface area contributed by atoms with Gasteiger partial charge in [0.05, 0.1) is 6.61 Å². The number of aryl methyl sites for hydroxylation is 1. The van der Waals surface area contributed by atoms with Gasteiger partial charge in [0.15, 0.2) is 0 Å². The van der Waals surface area contributed by atoms with Gasteiger partial charge in [0, 0.05) is 5.69 Å². The van der Waals surface area contributed by atoms with E-state index in [1.807, 2.05) is 61.5 Å². The molecule has 2 aromatic carbocycles. The van der Waals surface area contributed by atoms with Crippen LogP contribution in [-0.2, 0) is 11.2 Å². The predicted octanol–water partition coefficient (Wildman–Crippen LogP) is 4.58. The van der Waals surface area contributed by atoms with Gasteiger partial charge in [0.1, 0.15) is 17.4 Å². The number of anilines is 1. The van der Waals surface area contributed by atoms with Gasteiger partial charge in [-0.2, -0.15) is 5.26 Å². The van der Waals surface area contributed by atoms with Gasteiger partial charge in [0.2, 0.25) is 0 Å². The van der Waals surface area contributed by atoms with Crippen molar-refractivity contribution >= 4 is 17.7 Å². The van der Waals surface area contributed by atoms with Crippen LogP contribution in [0.1, 0.15) is 31.4 Å². The number of benzene rings is 2. The maximum absolute atomic E-state index is 12.3. The van der Waals surface area contributed by atoms with E-state index in [2.05, 4.69) is 12.2 Å². The number of nitrogens with one attached hydrogen (secondary N) is 1. The van der Waals surface area contributed by atoms with E-state index in [0.717, 1.165) is 24.2 Å². The first-order chi connectivity index (χ1) is 12.2. The topological polar surface area (TPSA) is 62.1 Å². The number of nitrogens with zero attached hydrogens (tertiary/aromatic N) is 1. The number of hydrogen-bond acceptors (Lipinski definition) is 3. The monoisotopic (exact) mass is 334 g/mol. The van der Waals surface area contributed by atoms with Crippen molar-refractivity contribution in [2.24, 2.45) is 0 Å². The summed E-state index contributed by atoms with van der Waals surface area (Å²) in [7, 11) is 0. The van der Waals surface area contributed by atoms with Crippen molar-refractivity contribution in [3.05, 3.63) is 65.2 Å². The fourth-order valence-corrected chi connectivity index (χ4v) is 2.25. The highest BCUT2D eigenvalue weighted by Crippen LogP contribution is 2.17. The Kier molecular flexibility index (Phi) is 6.79. The van der Waals surface area contributed by atoms with Gasteiger partial charge >= 0.3 is 0 Å². The predicted molar refractivity (Wildman–Crippen MR) is 100 cm³/mol. The zero-order valence-electron chi connectivity index (χ0n) is 14.6. The van der Waals surface area contributed by atoms with Crippen LogP contribution in [0.3, 0.4) is 0 Å². The van der Waals surface area contributed by atoms with Crippen LogP contribution in [0.2, 0.25) is 0 Å². The van der Waals surface area contributed by atoms with Crippen molar-refractivity contribution in [2.75, 3.05) is 11.9 Å². The van der Waals surface area contributed by atoms with Crippen LogP contribution < -0.4 is 10.1 Å². The summed E-state index contributed by atoms with van der Waals surface area (Å²) in [5, 5.41) is 12.1. The second-order valence-corrected chi connectivity index (χ2v) is 5.60. The van der Waals surface area contributed by atoms with Gasteiger partial charge in [-0.3, -0.25) is 4.79 Å². The molecule has 2 aromatic rings. The van der Waals surface area contributed by atoms with E-state index >= 15 is 0 Å². The molecule has 128 valence electrons. The number of ether oxygens (including phenoxy) is 1. The highest BCUT2D eigenvalue weighted by molar-refractivity contribution is 6.09. The van der Waals surface area contributed by atoms with Crippen LogP contribution in [0.25, 0.3) is 6.08 Å². The van der Waals surface area contributed by atoms with Gasteiger partial charge in [-0.05, 0) is 54.3 Å². The Morgan fingerprint density at radius 3 is 2.60 bits per heavy atom. The molecule has 2 rings (SSSR count). The molecule has 1 N–H and O–H groups in total. The summed E-state index contributed by atoms with van der Waals surface area (Å²) in [4.78, 5) is 12.3. The van der Waals surface area contributed by atoms with Crippen LogP contribution in [0.4, 0.5) is 5.69 Å². The average molecular weight is 334 g/mol. The third-order valence-electron chi connectivity index (χ3n) is 3.63. The number of carbonyl (C=O) groups is 1. The number of carbonyl (C=O) groups excluding carboxylic acids is 1. The Balaban J connectivity index is 2.13. The minimum Gasteiger partial charge on any atom is -0.494 e. The van der Waals surface area contributed by atoms with Gasteiger partial charge in [-0.1, -0.05) is 38.1 Å². The van der Waals surface area contributed by atoms with E-state index in [4.69, 9.17) is 4.74 Å². The first-order valence-electron chi connectivity index (χ1n) is 8.41. The lowest BCUT2D eigenvalue weighted by Gasteiger charge is -2.07. The summed E-state index contributed by atoms with van der Waals surface area (Å²) < 4.78 is 5.58. The zero-order chi connectivity index (χ0) is 18.1. The van der Waals surface area contributed by atoms with Crippen molar-refractivity contribution in [1.82, 2.24) is 0 Å². The maximum atomic E-state index is 12.3. The lowest BCUT2D eigenvalue weighted by Crippen LogP contribution is -2.13. The molecule has 0 saturated heterocycles. The van der Waals surface area contributed by atoms with E-state index in [0.29, 0.717) is 12.3 Å². The Morgan fingerprint density at radius 2 is 1.96 bits per heavy atom. The molecule has 0 fully saturated rings. The van der Waals surface area contributed by atoms with Crippen molar-refractivity contribution < 1.29 is 9.53 Å². The Morgan fingerprint density at radius 1 is 1.20 bits per heavy atom. The highest BCUT2D eigenvalue weighted by Gasteiger charge is 2.10. The van der Waals surface area contributed by atoms with Gasteiger partial charge in [-0.25, -0.2) is 0 Å². The molecular formula is C21H22N2O2. The van der Waals surface area contributed by atoms with Crippen LogP contribution in [0.5, 0.6) is 5.75 Å². The minimum absolute atomic E-state index is 0.0483. The molecule has 0 atom stereocenters. The standard InChI is InChI=1S/C21H22N2O2/c1-3-12-25-20-7-5-6-17(14-20)13-18(15-22)21(24)23-19-10-8-16(4-2)9-11-19/h5-11,13-14H,3-4,12H2,1-2H3,(H,23,24)/b18-13-. The summed E-state index contributed by atoms with van der Waals surface area (Å²) in [6.07, 6.45) is 3.42. The van der Waals surface area contributed by atoms with Crippen LogP contribution >= 0.6 is 0 Å². The molecule has 25 heavy (non-hydrogen) atoms. The van der Waals surface area contributed by atoms with E-state index in [-0.39, 0.29) is 5.57 Å². The SMILES string of the molecule is CCCOc1cccc(/C=C(/C#N)C(=O)Nc2ccc(CC)cc2)c1. The Labute approximate surface area is 148 Å². The smallest absolute Gasteiger partial charge is 0.266 e. The normalized spacial score (nSPS) is 10.8. The zero-order valence-corrected chi connectivity index (χ0v) is 14.6. The Hall–Kier alpha value is -3.06. The summed E-state index contributed by atoms with van der Waals surface area (Å²) in [6.45, 7) is 4.74. The average Bonchev–Trinajstić information content (AvgIpc) is 2.65. The molecule has 0 saturated carbocycles. The highest BCUT2D eigenvalue weighted by atomic mass is 16.5. The third-order valence-corrected chi connectivity index (χ3v) is 3.63. The van der Waals surface area contributed by atoms with Crippen LogP contribution in [0, 0.1) is 11.3 Å². The quantitative estimate of drug-likeness (QED) is 0.595.